The molecule has 0 heterocycles. The molecule has 104 valence electrons. The standard InChI is InChI=1S/C9H16F4O3S/c1-3-7(2)5-4-6-8(10,11)9(12,13)17(14,15)16/h7H,3-6H2,1-2H3,(H,14,15,16). The van der Waals surface area contributed by atoms with Crippen LogP contribution >= 0.6 is 0 Å². The van der Waals surface area contributed by atoms with Gasteiger partial charge in [-0.1, -0.05) is 26.7 Å². The first-order valence-electron chi connectivity index (χ1n) is 5.18. The minimum Gasteiger partial charge on any atom is -0.281 e. The third-order valence-electron chi connectivity index (χ3n) is 2.63. The van der Waals surface area contributed by atoms with Crippen molar-refractivity contribution in [3.8, 4) is 0 Å². The van der Waals surface area contributed by atoms with Gasteiger partial charge in [-0.2, -0.15) is 26.0 Å². The fourth-order valence-corrected chi connectivity index (χ4v) is 1.69. The summed E-state index contributed by atoms with van der Waals surface area (Å²) in [6.45, 7) is 3.61. The second-order valence-corrected chi connectivity index (χ2v) is 5.56. The van der Waals surface area contributed by atoms with Crippen molar-refractivity contribution in [1.82, 2.24) is 0 Å². The van der Waals surface area contributed by atoms with Crippen LogP contribution in [0.3, 0.4) is 0 Å². The van der Waals surface area contributed by atoms with Crippen LogP contribution in [-0.4, -0.2) is 24.1 Å². The molecule has 0 aliphatic rings. The lowest BCUT2D eigenvalue weighted by molar-refractivity contribution is -0.165. The van der Waals surface area contributed by atoms with E-state index in [4.69, 9.17) is 4.55 Å². The van der Waals surface area contributed by atoms with E-state index in [-0.39, 0.29) is 12.3 Å². The maximum absolute atomic E-state index is 13.0. The first-order valence-corrected chi connectivity index (χ1v) is 6.62. The average Bonchev–Trinajstić information content (AvgIpc) is 2.15. The highest BCUT2D eigenvalue weighted by molar-refractivity contribution is 7.87. The molecule has 0 aromatic heterocycles. The van der Waals surface area contributed by atoms with E-state index in [2.05, 4.69) is 0 Å². The number of halogens is 4. The molecular formula is C9H16F4O3S. The lowest BCUT2D eigenvalue weighted by Crippen LogP contribution is -2.46. The molecule has 0 radical (unpaired) electrons. The van der Waals surface area contributed by atoms with Crippen LogP contribution in [0.25, 0.3) is 0 Å². The van der Waals surface area contributed by atoms with Gasteiger partial charge >= 0.3 is 21.3 Å². The second-order valence-electron chi connectivity index (χ2n) is 4.10. The van der Waals surface area contributed by atoms with Crippen LogP contribution in [0.15, 0.2) is 0 Å². The Morgan fingerprint density at radius 2 is 1.71 bits per heavy atom. The number of rotatable bonds is 7. The smallest absolute Gasteiger partial charge is 0.281 e. The maximum atomic E-state index is 13.0. The zero-order valence-corrected chi connectivity index (χ0v) is 10.4. The van der Waals surface area contributed by atoms with Crippen molar-refractivity contribution < 1.29 is 30.5 Å². The molecule has 0 rings (SSSR count). The first kappa shape index (κ1) is 16.6. The van der Waals surface area contributed by atoms with Crippen LogP contribution in [-0.2, 0) is 10.1 Å². The Balaban J connectivity index is 4.59. The lowest BCUT2D eigenvalue weighted by atomic mass is 10.00. The summed E-state index contributed by atoms with van der Waals surface area (Å²) in [6, 6.07) is 0. The van der Waals surface area contributed by atoms with Crippen molar-refractivity contribution in [2.45, 2.75) is 50.7 Å². The summed E-state index contributed by atoms with van der Waals surface area (Å²) >= 11 is 0. The first-order chi connectivity index (χ1) is 7.45. The van der Waals surface area contributed by atoms with Crippen LogP contribution in [0.2, 0.25) is 0 Å². The van der Waals surface area contributed by atoms with Gasteiger partial charge in [-0.05, 0) is 12.3 Å². The molecule has 0 bridgehead atoms. The third-order valence-corrected chi connectivity index (χ3v) is 3.58. The zero-order chi connectivity index (χ0) is 13.9. The Hall–Kier alpha value is -0.370. The Bertz CT molecular complexity index is 340. The van der Waals surface area contributed by atoms with Crippen molar-refractivity contribution >= 4 is 10.1 Å². The Morgan fingerprint density at radius 3 is 2.06 bits per heavy atom. The largest absolute Gasteiger partial charge is 0.431 e. The van der Waals surface area contributed by atoms with Crippen molar-refractivity contribution in [3.05, 3.63) is 0 Å². The lowest BCUT2D eigenvalue weighted by Gasteiger charge is -2.24. The predicted octanol–water partition coefficient (Wildman–Crippen LogP) is 3.32. The van der Waals surface area contributed by atoms with Crippen molar-refractivity contribution in [1.29, 1.82) is 0 Å². The van der Waals surface area contributed by atoms with E-state index >= 15 is 0 Å². The Morgan fingerprint density at radius 1 is 1.24 bits per heavy atom. The fourth-order valence-electron chi connectivity index (χ4n) is 1.21. The van der Waals surface area contributed by atoms with Crippen LogP contribution in [0.1, 0.15) is 39.5 Å². The van der Waals surface area contributed by atoms with Gasteiger partial charge in [0.15, 0.2) is 0 Å². The van der Waals surface area contributed by atoms with Gasteiger partial charge in [-0.15, -0.1) is 0 Å². The molecule has 0 saturated heterocycles. The highest BCUT2D eigenvalue weighted by Gasteiger charge is 2.64. The predicted molar refractivity (Wildman–Crippen MR) is 54.7 cm³/mol. The van der Waals surface area contributed by atoms with Crippen molar-refractivity contribution in [3.63, 3.8) is 0 Å². The summed E-state index contributed by atoms with van der Waals surface area (Å²) in [6.07, 6.45) is -0.481. The molecule has 8 heteroatoms. The summed E-state index contributed by atoms with van der Waals surface area (Å²) < 4.78 is 79.8. The minimum absolute atomic E-state index is 0.102. The summed E-state index contributed by atoms with van der Waals surface area (Å²) in [7, 11) is -6.10. The quantitative estimate of drug-likeness (QED) is 0.575. The molecule has 0 fully saturated rings. The minimum atomic E-state index is -6.10. The summed E-state index contributed by atoms with van der Waals surface area (Å²) in [5, 5.41) is -5.44. The van der Waals surface area contributed by atoms with Crippen molar-refractivity contribution in [2.75, 3.05) is 0 Å². The van der Waals surface area contributed by atoms with Gasteiger partial charge in [0.2, 0.25) is 0 Å². The maximum Gasteiger partial charge on any atom is 0.431 e. The summed E-state index contributed by atoms with van der Waals surface area (Å²) in [5.74, 6) is -4.65. The van der Waals surface area contributed by atoms with E-state index in [1.807, 2.05) is 6.92 Å². The molecular weight excluding hydrogens is 264 g/mol. The van der Waals surface area contributed by atoms with Gasteiger partial charge in [-0.3, -0.25) is 4.55 Å². The normalized spacial score (nSPS) is 15.9. The molecule has 0 aromatic rings. The zero-order valence-electron chi connectivity index (χ0n) is 9.59. The molecule has 0 amide bonds. The molecule has 1 N–H and O–H groups in total. The van der Waals surface area contributed by atoms with Crippen LogP contribution in [0.5, 0.6) is 0 Å². The van der Waals surface area contributed by atoms with E-state index in [0.717, 1.165) is 6.42 Å². The Labute approximate surface area is 97.9 Å². The molecule has 0 aliphatic carbocycles. The van der Waals surface area contributed by atoms with Gasteiger partial charge in [0, 0.05) is 6.42 Å². The van der Waals surface area contributed by atoms with E-state index in [1.54, 1.807) is 6.92 Å². The molecule has 3 nitrogen and oxygen atoms in total. The second kappa shape index (κ2) is 5.51. The molecule has 17 heavy (non-hydrogen) atoms. The number of alkyl halides is 4. The monoisotopic (exact) mass is 280 g/mol. The molecule has 1 unspecified atom stereocenters. The van der Waals surface area contributed by atoms with Crippen LogP contribution in [0.4, 0.5) is 17.6 Å². The summed E-state index contributed by atoms with van der Waals surface area (Å²) in [4.78, 5) is 0. The summed E-state index contributed by atoms with van der Waals surface area (Å²) in [5.41, 5.74) is 0. The van der Waals surface area contributed by atoms with E-state index in [1.165, 1.54) is 0 Å². The molecule has 0 aliphatic heterocycles. The fraction of sp³-hybridized carbons (Fsp3) is 1.00. The van der Waals surface area contributed by atoms with E-state index in [9.17, 15) is 26.0 Å². The number of hydrogen-bond acceptors (Lipinski definition) is 2. The van der Waals surface area contributed by atoms with Crippen LogP contribution in [0, 0.1) is 5.92 Å². The van der Waals surface area contributed by atoms with Gasteiger partial charge in [0.05, 0.1) is 0 Å². The number of hydrogen-bond donors (Lipinski definition) is 1. The van der Waals surface area contributed by atoms with Crippen LogP contribution < -0.4 is 0 Å². The third kappa shape index (κ3) is 4.09. The van der Waals surface area contributed by atoms with Gasteiger partial charge in [0.1, 0.15) is 0 Å². The highest BCUT2D eigenvalue weighted by atomic mass is 32.2. The molecule has 1 atom stereocenters. The molecule has 0 saturated carbocycles. The molecule has 0 aromatic carbocycles. The average molecular weight is 280 g/mol. The van der Waals surface area contributed by atoms with Gasteiger partial charge in [0.25, 0.3) is 0 Å². The van der Waals surface area contributed by atoms with Gasteiger partial charge in [-0.25, -0.2) is 0 Å². The molecule has 0 spiro atoms. The van der Waals surface area contributed by atoms with Gasteiger partial charge < -0.3 is 0 Å². The van der Waals surface area contributed by atoms with E-state index < -0.39 is 27.7 Å². The van der Waals surface area contributed by atoms with E-state index in [0.29, 0.717) is 6.42 Å². The SMILES string of the molecule is CCC(C)CCCC(F)(F)C(F)(F)S(=O)(=O)O. The topological polar surface area (TPSA) is 54.4 Å². The highest BCUT2D eigenvalue weighted by Crippen LogP contribution is 2.41. The Kier molecular flexibility index (Phi) is 5.39. The van der Waals surface area contributed by atoms with Crippen molar-refractivity contribution in [2.24, 2.45) is 5.92 Å².